The molecule has 2 aromatic rings. The summed E-state index contributed by atoms with van der Waals surface area (Å²) in [4.78, 5) is 4.66. The Morgan fingerprint density at radius 1 is 1.23 bits per heavy atom. The van der Waals surface area contributed by atoms with Crippen LogP contribution in [0.4, 0.5) is 5.69 Å². The molecule has 7 nitrogen and oxygen atoms in total. The van der Waals surface area contributed by atoms with Crippen molar-refractivity contribution in [2.24, 2.45) is 0 Å². The Bertz CT molecular complexity index is 813. The number of sulfonamides is 1. The maximum Gasteiger partial charge on any atom is 0.245 e. The monoisotopic (exact) mass is 378 g/mol. The van der Waals surface area contributed by atoms with Crippen molar-refractivity contribution in [1.29, 1.82) is 0 Å². The van der Waals surface area contributed by atoms with Crippen molar-refractivity contribution in [2.45, 2.75) is 56.9 Å². The van der Waals surface area contributed by atoms with Gasteiger partial charge in [0.1, 0.15) is 0 Å². The number of unbranched alkanes of at least 4 members (excludes halogenated alkanes) is 1. The lowest BCUT2D eigenvalue weighted by molar-refractivity contribution is 0.346. The molecule has 8 heteroatoms. The first-order chi connectivity index (χ1) is 12.6. The van der Waals surface area contributed by atoms with Crippen LogP contribution in [0.25, 0.3) is 0 Å². The molecule has 0 atom stereocenters. The second-order valence-corrected chi connectivity index (χ2v) is 8.49. The fraction of sp³-hybridized carbons (Fsp3) is 0.556. The van der Waals surface area contributed by atoms with Crippen LogP contribution in [0.1, 0.15) is 50.7 Å². The van der Waals surface area contributed by atoms with Gasteiger partial charge in [0.25, 0.3) is 0 Å². The normalized spacial score (nSPS) is 15.9. The summed E-state index contributed by atoms with van der Waals surface area (Å²) in [6.07, 6.45) is 5.87. The van der Waals surface area contributed by atoms with E-state index in [4.69, 9.17) is 4.52 Å². The van der Waals surface area contributed by atoms with Crippen LogP contribution in [0.3, 0.4) is 0 Å². The Kier molecular flexibility index (Phi) is 6.26. The number of aromatic nitrogens is 2. The van der Waals surface area contributed by atoms with Crippen LogP contribution in [-0.4, -0.2) is 36.0 Å². The standard InChI is InChI=1S/C18H26N4O3S/c1-2-3-10-17-20-18(25-21-17)14-19-15-8-7-9-16(13-15)26(23,24)22-11-5-4-6-12-22/h7-9,13,19H,2-6,10-12,14H2,1H3. The molecule has 0 amide bonds. The summed E-state index contributed by atoms with van der Waals surface area (Å²) in [6, 6.07) is 6.90. The van der Waals surface area contributed by atoms with Crippen LogP contribution in [0, 0.1) is 0 Å². The van der Waals surface area contributed by atoms with Gasteiger partial charge in [0.2, 0.25) is 15.9 Å². The van der Waals surface area contributed by atoms with Gasteiger partial charge in [-0.1, -0.05) is 31.0 Å². The van der Waals surface area contributed by atoms with E-state index in [0.717, 1.165) is 44.2 Å². The van der Waals surface area contributed by atoms with Gasteiger partial charge in [0, 0.05) is 25.2 Å². The smallest absolute Gasteiger partial charge is 0.245 e. The molecule has 1 aliphatic heterocycles. The zero-order valence-corrected chi connectivity index (χ0v) is 16.0. The highest BCUT2D eigenvalue weighted by Crippen LogP contribution is 2.23. The molecule has 1 fully saturated rings. The van der Waals surface area contributed by atoms with Crippen molar-refractivity contribution < 1.29 is 12.9 Å². The highest BCUT2D eigenvalue weighted by atomic mass is 32.2. The minimum Gasteiger partial charge on any atom is -0.376 e. The number of hydrogen-bond acceptors (Lipinski definition) is 6. The minimum atomic E-state index is -3.43. The summed E-state index contributed by atoms with van der Waals surface area (Å²) < 4.78 is 32.4. The first-order valence-corrected chi connectivity index (χ1v) is 10.7. The van der Waals surface area contributed by atoms with Crippen LogP contribution in [0.5, 0.6) is 0 Å². The topological polar surface area (TPSA) is 88.3 Å². The predicted molar refractivity (Wildman–Crippen MR) is 99.3 cm³/mol. The number of benzene rings is 1. The molecule has 0 spiro atoms. The van der Waals surface area contributed by atoms with Gasteiger partial charge in [-0.2, -0.15) is 9.29 Å². The van der Waals surface area contributed by atoms with E-state index in [1.54, 1.807) is 22.5 Å². The van der Waals surface area contributed by atoms with Crippen molar-refractivity contribution >= 4 is 15.7 Å². The molecule has 0 unspecified atom stereocenters. The number of piperidine rings is 1. The first kappa shape index (κ1) is 18.8. The molecular formula is C18H26N4O3S. The molecule has 0 bridgehead atoms. The molecule has 1 aliphatic rings. The van der Waals surface area contributed by atoms with Gasteiger partial charge < -0.3 is 9.84 Å². The molecule has 2 heterocycles. The molecule has 1 N–H and O–H groups in total. The number of hydrogen-bond donors (Lipinski definition) is 1. The van der Waals surface area contributed by atoms with Crippen LogP contribution in [0.15, 0.2) is 33.7 Å². The van der Waals surface area contributed by atoms with Crippen LogP contribution >= 0.6 is 0 Å². The zero-order valence-electron chi connectivity index (χ0n) is 15.1. The molecule has 1 aromatic heterocycles. The van der Waals surface area contributed by atoms with E-state index in [1.165, 1.54) is 0 Å². The Hall–Kier alpha value is -1.93. The second kappa shape index (κ2) is 8.64. The van der Waals surface area contributed by atoms with Crippen molar-refractivity contribution in [2.75, 3.05) is 18.4 Å². The third-order valence-electron chi connectivity index (χ3n) is 4.49. The summed E-state index contributed by atoms with van der Waals surface area (Å²) in [6.45, 7) is 3.69. The average Bonchev–Trinajstić information content (AvgIpc) is 3.13. The lowest BCUT2D eigenvalue weighted by Crippen LogP contribution is -2.35. The van der Waals surface area contributed by atoms with Gasteiger partial charge in [-0.25, -0.2) is 8.42 Å². The third kappa shape index (κ3) is 4.62. The molecule has 1 aromatic carbocycles. The maximum atomic E-state index is 12.8. The number of aryl methyl sites for hydroxylation is 1. The van der Waals surface area contributed by atoms with E-state index in [9.17, 15) is 8.42 Å². The van der Waals surface area contributed by atoms with Gasteiger partial charge in [-0.15, -0.1) is 0 Å². The van der Waals surface area contributed by atoms with Crippen molar-refractivity contribution in [3.63, 3.8) is 0 Å². The SMILES string of the molecule is CCCCc1noc(CNc2cccc(S(=O)(=O)N3CCCCC3)c2)n1. The fourth-order valence-electron chi connectivity index (χ4n) is 3.00. The summed E-state index contributed by atoms with van der Waals surface area (Å²) in [7, 11) is -3.43. The van der Waals surface area contributed by atoms with E-state index in [2.05, 4.69) is 22.4 Å². The van der Waals surface area contributed by atoms with Crippen molar-refractivity contribution in [3.8, 4) is 0 Å². The molecule has 0 aliphatic carbocycles. The summed E-state index contributed by atoms with van der Waals surface area (Å²) in [5.41, 5.74) is 0.719. The third-order valence-corrected chi connectivity index (χ3v) is 6.39. The number of nitrogens with zero attached hydrogens (tertiary/aromatic N) is 3. The Balaban J connectivity index is 1.64. The number of rotatable bonds is 8. The molecule has 3 rings (SSSR count). The highest BCUT2D eigenvalue weighted by Gasteiger charge is 2.25. The molecular weight excluding hydrogens is 352 g/mol. The lowest BCUT2D eigenvalue weighted by atomic mass is 10.2. The molecule has 0 saturated carbocycles. The van der Waals surface area contributed by atoms with E-state index < -0.39 is 10.0 Å². The Morgan fingerprint density at radius 3 is 2.81 bits per heavy atom. The van der Waals surface area contributed by atoms with Gasteiger partial charge in [-0.05, 0) is 37.5 Å². The molecule has 142 valence electrons. The van der Waals surface area contributed by atoms with Crippen LogP contribution in [-0.2, 0) is 23.0 Å². The fourth-order valence-corrected chi connectivity index (χ4v) is 4.56. The maximum absolute atomic E-state index is 12.8. The summed E-state index contributed by atoms with van der Waals surface area (Å²) >= 11 is 0. The van der Waals surface area contributed by atoms with E-state index in [1.807, 2.05) is 6.07 Å². The first-order valence-electron chi connectivity index (χ1n) is 9.25. The number of anilines is 1. The zero-order chi connectivity index (χ0) is 18.4. The Labute approximate surface area is 154 Å². The molecule has 1 saturated heterocycles. The van der Waals surface area contributed by atoms with Crippen LogP contribution in [0.2, 0.25) is 0 Å². The van der Waals surface area contributed by atoms with Crippen molar-refractivity contribution in [1.82, 2.24) is 14.4 Å². The largest absolute Gasteiger partial charge is 0.376 e. The summed E-state index contributed by atoms with van der Waals surface area (Å²) in [5.74, 6) is 1.21. The van der Waals surface area contributed by atoms with Gasteiger partial charge in [-0.3, -0.25) is 0 Å². The minimum absolute atomic E-state index is 0.318. The highest BCUT2D eigenvalue weighted by molar-refractivity contribution is 7.89. The van der Waals surface area contributed by atoms with Gasteiger partial charge in [0.05, 0.1) is 11.4 Å². The molecule has 26 heavy (non-hydrogen) atoms. The number of nitrogens with one attached hydrogen (secondary N) is 1. The predicted octanol–water partition coefficient (Wildman–Crippen LogP) is 3.20. The average molecular weight is 378 g/mol. The van der Waals surface area contributed by atoms with Crippen molar-refractivity contribution in [3.05, 3.63) is 36.0 Å². The second-order valence-electron chi connectivity index (χ2n) is 6.55. The quantitative estimate of drug-likeness (QED) is 0.759. The summed E-state index contributed by atoms with van der Waals surface area (Å²) in [5, 5.41) is 7.12. The van der Waals surface area contributed by atoms with E-state index in [0.29, 0.717) is 36.2 Å². The lowest BCUT2D eigenvalue weighted by Gasteiger charge is -2.26. The Morgan fingerprint density at radius 2 is 2.04 bits per heavy atom. The van der Waals surface area contributed by atoms with E-state index >= 15 is 0 Å². The van der Waals surface area contributed by atoms with E-state index in [-0.39, 0.29) is 0 Å². The van der Waals surface area contributed by atoms with Gasteiger partial charge >= 0.3 is 0 Å². The molecule has 0 radical (unpaired) electrons. The van der Waals surface area contributed by atoms with Gasteiger partial charge in [0.15, 0.2) is 5.82 Å². The van der Waals surface area contributed by atoms with Crippen LogP contribution < -0.4 is 5.32 Å².